The average molecular weight is 458 g/mol. The largest absolute Gasteiger partial charge is 0.508 e. The molecule has 3 aliphatic rings. The molecule has 3 N–H and O–H groups in total. The zero-order valence-corrected chi connectivity index (χ0v) is 20.4. The number of phenolic OH excluding ortho intramolecular Hbond substituents is 1. The number of hydrogen-bond acceptors (Lipinski definition) is 6. The second kappa shape index (κ2) is 9.63. The van der Waals surface area contributed by atoms with E-state index in [1.807, 2.05) is 33.8 Å². The molecule has 1 saturated carbocycles. The molecule has 7 heteroatoms. The van der Waals surface area contributed by atoms with Crippen LogP contribution in [0.5, 0.6) is 5.75 Å². The van der Waals surface area contributed by atoms with Gasteiger partial charge in [0.05, 0.1) is 12.1 Å². The van der Waals surface area contributed by atoms with Crippen molar-refractivity contribution in [3.8, 4) is 5.75 Å². The number of aliphatic hydroxyl groups excluding tert-OH is 1. The fourth-order valence-corrected chi connectivity index (χ4v) is 5.58. The second-order valence-electron chi connectivity index (χ2n) is 11.1. The average Bonchev–Trinajstić information content (AvgIpc) is 3.24. The summed E-state index contributed by atoms with van der Waals surface area (Å²) in [5, 5.41) is 24.3. The number of β-amino-alcohol motifs (C(OH)–C–C–N with tert-alkyl or cyclic N) is 1. The lowest BCUT2D eigenvalue weighted by molar-refractivity contribution is -0.132. The molecule has 0 radical (unpaired) electrons. The molecule has 1 amide bonds. The molecule has 0 aromatic heterocycles. The van der Waals surface area contributed by atoms with Crippen LogP contribution >= 0.6 is 0 Å². The molecule has 182 valence electrons. The van der Waals surface area contributed by atoms with Crippen LogP contribution in [0.15, 0.2) is 23.2 Å². The van der Waals surface area contributed by atoms with E-state index in [4.69, 9.17) is 4.74 Å². The number of nitrogens with one attached hydrogen (secondary N) is 1. The molecule has 4 rings (SSSR count). The Hall–Kier alpha value is -2.12. The zero-order valence-electron chi connectivity index (χ0n) is 20.4. The van der Waals surface area contributed by atoms with Crippen LogP contribution in [0.3, 0.4) is 0 Å². The number of carbonyl (C=O) groups is 1. The molecule has 2 fully saturated rings. The third-order valence-electron chi connectivity index (χ3n) is 7.38. The lowest BCUT2D eigenvalue weighted by Gasteiger charge is -2.46. The van der Waals surface area contributed by atoms with E-state index < -0.39 is 12.1 Å². The maximum absolute atomic E-state index is 13.2. The Morgan fingerprint density at radius 3 is 2.73 bits per heavy atom. The summed E-state index contributed by atoms with van der Waals surface area (Å²) >= 11 is 0. The van der Waals surface area contributed by atoms with Crippen molar-refractivity contribution >= 4 is 11.8 Å². The number of aliphatic imine (C=N–C) groups is 1. The van der Waals surface area contributed by atoms with Gasteiger partial charge >= 0.3 is 0 Å². The molecule has 1 aromatic rings. The molecule has 0 bridgehead atoms. The number of nitrogens with zero attached hydrogens (tertiary/aromatic N) is 2. The summed E-state index contributed by atoms with van der Waals surface area (Å²) in [6, 6.07) is 4.65. The Morgan fingerprint density at radius 2 is 2.00 bits per heavy atom. The van der Waals surface area contributed by atoms with E-state index >= 15 is 0 Å². The van der Waals surface area contributed by atoms with Crippen molar-refractivity contribution in [2.45, 2.75) is 83.5 Å². The van der Waals surface area contributed by atoms with Gasteiger partial charge in [0.15, 0.2) is 0 Å². The first kappa shape index (κ1) is 24.0. The fourth-order valence-electron chi connectivity index (χ4n) is 5.58. The number of benzene rings is 1. The van der Waals surface area contributed by atoms with Crippen LogP contribution in [0.25, 0.3) is 0 Å². The van der Waals surface area contributed by atoms with E-state index in [2.05, 4.69) is 15.2 Å². The minimum atomic E-state index is -0.731. The van der Waals surface area contributed by atoms with Crippen molar-refractivity contribution < 1.29 is 19.7 Å². The number of amides is 1. The van der Waals surface area contributed by atoms with E-state index in [-0.39, 0.29) is 23.2 Å². The molecular weight excluding hydrogens is 418 g/mol. The van der Waals surface area contributed by atoms with Crippen molar-refractivity contribution in [1.29, 1.82) is 0 Å². The molecule has 5 atom stereocenters. The molecule has 0 unspecified atom stereocenters. The van der Waals surface area contributed by atoms with E-state index in [1.165, 1.54) is 25.7 Å². The summed E-state index contributed by atoms with van der Waals surface area (Å²) in [6.07, 6.45) is 5.04. The third-order valence-corrected chi connectivity index (χ3v) is 7.38. The Balaban J connectivity index is 1.48. The van der Waals surface area contributed by atoms with Gasteiger partial charge in [-0.15, -0.1) is 0 Å². The van der Waals surface area contributed by atoms with E-state index in [0.29, 0.717) is 36.4 Å². The van der Waals surface area contributed by atoms with Gasteiger partial charge in [-0.1, -0.05) is 25.3 Å². The third kappa shape index (κ3) is 5.52. The summed E-state index contributed by atoms with van der Waals surface area (Å²) in [7, 11) is 0. The molecule has 33 heavy (non-hydrogen) atoms. The van der Waals surface area contributed by atoms with Crippen LogP contribution in [0.1, 0.15) is 64.0 Å². The second-order valence-corrected chi connectivity index (χ2v) is 11.1. The van der Waals surface area contributed by atoms with Gasteiger partial charge in [-0.3, -0.25) is 9.69 Å². The highest BCUT2D eigenvalue weighted by Gasteiger charge is 2.42. The number of phenols is 1. The van der Waals surface area contributed by atoms with E-state index in [9.17, 15) is 15.0 Å². The van der Waals surface area contributed by atoms with Gasteiger partial charge < -0.3 is 20.3 Å². The monoisotopic (exact) mass is 457 g/mol. The maximum Gasteiger partial charge on any atom is 0.237 e. The van der Waals surface area contributed by atoms with Gasteiger partial charge in [-0.25, -0.2) is 4.99 Å². The molecule has 2 aliphatic heterocycles. The highest BCUT2D eigenvalue weighted by atomic mass is 16.5. The SMILES string of the molecule is Cc1c(O)cccc1C1=N[C@@H]([C@H](O)CN2C[C@H]3CCCC[C@H]3C[C@H]2C(=O)NC(C)(C)C)CO1. The number of rotatable bonds is 5. The van der Waals surface area contributed by atoms with Crippen molar-refractivity contribution in [1.82, 2.24) is 10.2 Å². The minimum Gasteiger partial charge on any atom is -0.508 e. The van der Waals surface area contributed by atoms with Crippen LogP contribution in [-0.4, -0.2) is 70.3 Å². The Labute approximate surface area is 197 Å². The van der Waals surface area contributed by atoms with E-state index in [0.717, 1.165) is 18.5 Å². The van der Waals surface area contributed by atoms with Crippen molar-refractivity contribution in [3.05, 3.63) is 29.3 Å². The molecule has 1 saturated heterocycles. The van der Waals surface area contributed by atoms with Crippen molar-refractivity contribution in [3.63, 3.8) is 0 Å². The molecule has 1 aliphatic carbocycles. The van der Waals surface area contributed by atoms with Gasteiger partial charge in [0, 0.05) is 29.8 Å². The van der Waals surface area contributed by atoms with Crippen LogP contribution in [-0.2, 0) is 9.53 Å². The number of hydrogen-bond donors (Lipinski definition) is 3. The van der Waals surface area contributed by atoms with E-state index in [1.54, 1.807) is 12.1 Å². The topological polar surface area (TPSA) is 94.4 Å². The van der Waals surface area contributed by atoms with Gasteiger partial charge in [-0.05, 0) is 64.5 Å². The predicted octanol–water partition coefficient (Wildman–Crippen LogP) is 3.00. The van der Waals surface area contributed by atoms with Gasteiger partial charge in [0.2, 0.25) is 11.8 Å². The van der Waals surface area contributed by atoms with Crippen LogP contribution in [0, 0.1) is 18.8 Å². The molecule has 0 spiro atoms. The van der Waals surface area contributed by atoms with Crippen LogP contribution in [0.2, 0.25) is 0 Å². The number of ether oxygens (including phenoxy) is 1. The Bertz CT molecular complexity index is 894. The first-order valence-corrected chi connectivity index (χ1v) is 12.4. The van der Waals surface area contributed by atoms with Gasteiger partial charge in [-0.2, -0.15) is 0 Å². The first-order chi connectivity index (χ1) is 15.6. The van der Waals surface area contributed by atoms with Crippen molar-refractivity contribution in [2.24, 2.45) is 16.8 Å². The number of aromatic hydroxyl groups is 1. The van der Waals surface area contributed by atoms with Crippen LogP contribution in [0.4, 0.5) is 0 Å². The molecule has 7 nitrogen and oxygen atoms in total. The smallest absolute Gasteiger partial charge is 0.237 e. The van der Waals surface area contributed by atoms with Crippen LogP contribution < -0.4 is 5.32 Å². The number of carbonyl (C=O) groups excluding carboxylic acids is 1. The first-order valence-electron chi connectivity index (χ1n) is 12.4. The lowest BCUT2D eigenvalue weighted by Crippen LogP contribution is -2.59. The summed E-state index contributed by atoms with van der Waals surface area (Å²) in [4.78, 5) is 20.0. The lowest BCUT2D eigenvalue weighted by atomic mass is 9.72. The standard InChI is InChI=1S/C26H39N3O4/c1-16-19(10-7-11-22(16)30)25-27-20(15-33-25)23(31)14-29-13-18-9-6-5-8-17(18)12-21(29)24(32)28-26(2,3)4/h7,10-11,17-18,20-21,23,30-31H,5-6,8-9,12-15H2,1-4H3,(H,28,32)/t17-,18+,20+,21-,23+/m0/s1. The number of aliphatic hydroxyl groups is 1. The quantitative estimate of drug-likeness (QED) is 0.632. The summed E-state index contributed by atoms with van der Waals surface area (Å²) in [5.74, 6) is 1.90. The molecule has 1 aromatic carbocycles. The molecular formula is C26H39N3O4. The summed E-state index contributed by atoms with van der Waals surface area (Å²) in [5.41, 5.74) is 1.17. The fraction of sp³-hybridized carbons (Fsp3) is 0.692. The maximum atomic E-state index is 13.2. The normalized spacial score (nSPS) is 29.1. The number of likely N-dealkylation sites (tertiary alicyclic amines) is 1. The highest BCUT2D eigenvalue weighted by Crippen LogP contribution is 2.39. The zero-order chi connectivity index (χ0) is 23.8. The van der Waals surface area contributed by atoms with Gasteiger partial charge in [0.1, 0.15) is 18.4 Å². The predicted molar refractivity (Wildman–Crippen MR) is 128 cm³/mol. The number of fused-ring (bicyclic) bond motifs is 1. The van der Waals surface area contributed by atoms with Gasteiger partial charge in [0.25, 0.3) is 0 Å². The Morgan fingerprint density at radius 1 is 1.27 bits per heavy atom. The summed E-state index contributed by atoms with van der Waals surface area (Å²) < 4.78 is 5.80. The highest BCUT2D eigenvalue weighted by molar-refractivity contribution is 5.97. The van der Waals surface area contributed by atoms with Crippen molar-refractivity contribution in [2.75, 3.05) is 19.7 Å². The minimum absolute atomic E-state index is 0.0565. The Kier molecular flexibility index (Phi) is 7.01. The molecule has 2 heterocycles. The number of piperidine rings is 1. The summed E-state index contributed by atoms with van der Waals surface area (Å²) in [6.45, 7) is 9.38.